The van der Waals surface area contributed by atoms with E-state index in [1.165, 1.54) is 5.56 Å². The molecule has 2 N–H and O–H groups in total. The number of pyridine rings is 1. The average molecular weight is 287 g/mol. The largest absolute Gasteiger partial charge is 0.493 e. The van der Waals surface area contributed by atoms with Gasteiger partial charge in [-0.25, -0.2) is 0 Å². The maximum Gasteiger partial charge on any atom is 0.160 e. The minimum Gasteiger partial charge on any atom is -0.493 e. The molecule has 0 atom stereocenters. The zero-order valence-electron chi connectivity index (χ0n) is 12.6. The number of hydrogen-bond donors (Lipinski definition) is 2. The Bertz CT molecular complexity index is 587. The van der Waals surface area contributed by atoms with Crippen LogP contribution in [-0.4, -0.2) is 32.8 Å². The van der Waals surface area contributed by atoms with E-state index in [4.69, 9.17) is 9.47 Å². The number of aromatic nitrogens is 1. The molecule has 0 spiro atoms. The molecule has 1 heterocycles. The summed E-state index contributed by atoms with van der Waals surface area (Å²) in [5.41, 5.74) is 3.19. The molecular weight excluding hydrogens is 266 g/mol. The van der Waals surface area contributed by atoms with Gasteiger partial charge in [0.25, 0.3) is 0 Å². The van der Waals surface area contributed by atoms with Gasteiger partial charge in [0.1, 0.15) is 0 Å². The van der Waals surface area contributed by atoms with Crippen molar-refractivity contribution in [2.45, 2.75) is 6.42 Å². The molecule has 0 saturated carbocycles. The first-order chi connectivity index (χ1) is 10.3. The SMILES string of the molecule is CNc1cncc(NCCc2ccc(OC)c(OC)c2)c1. The number of methoxy groups -OCH3 is 2. The molecule has 2 aromatic rings. The van der Waals surface area contributed by atoms with Crippen LogP contribution in [0.25, 0.3) is 0 Å². The Morgan fingerprint density at radius 2 is 1.76 bits per heavy atom. The molecule has 0 amide bonds. The Labute approximate surface area is 125 Å². The molecule has 0 unspecified atom stereocenters. The molecule has 112 valence electrons. The van der Waals surface area contributed by atoms with E-state index in [0.29, 0.717) is 0 Å². The zero-order valence-corrected chi connectivity index (χ0v) is 12.6. The third-order valence-electron chi connectivity index (χ3n) is 3.22. The predicted octanol–water partition coefficient (Wildman–Crippen LogP) is 2.80. The lowest BCUT2D eigenvalue weighted by atomic mass is 10.1. The fraction of sp³-hybridized carbons (Fsp3) is 0.312. The highest BCUT2D eigenvalue weighted by molar-refractivity contribution is 5.53. The van der Waals surface area contributed by atoms with E-state index in [9.17, 15) is 0 Å². The molecular formula is C16H21N3O2. The third-order valence-corrected chi connectivity index (χ3v) is 3.22. The monoisotopic (exact) mass is 287 g/mol. The Balaban J connectivity index is 1.93. The standard InChI is InChI=1S/C16H21N3O2/c1-17-13-9-14(11-18-10-13)19-7-6-12-4-5-15(20-2)16(8-12)21-3/h4-5,8-11,17,19H,6-7H2,1-3H3. The minimum absolute atomic E-state index is 0.750. The van der Waals surface area contributed by atoms with Crippen LogP contribution in [0.3, 0.4) is 0 Å². The number of ether oxygens (including phenoxy) is 2. The summed E-state index contributed by atoms with van der Waals surface area (Å²) in [6.07, 6.45) is 4.50. The number of benzene rings is 1. The molecule has 1 aromatic heterocycles. The van der Waals surface area contributed by atoms with E-state index in [1.54, 1.807) is 20.4 Å². The second-order valence-electron chi connectivity index (χ2n) is 4.58. The molecule has 0 saturated heterocycles. The number of nitrogens with one attached hydrogen (secondary N) is 2. The van der Waals surface area contributed by atoms with Gasteiger partial charge in [0.15, 0.2) is 11.5 Å². The van der Waals surface area contributed by atoms with Gasteiger partial charge in [-0.15, -0.1) is 0 Å². The first-order valence-electron chi connectivity index (χ1n) is 6.84. The van der Waals surface area contributed by atoms with Crippen molar-refractivity contribution in [3.8, 4) is 11.5 Å². The molecule has 5 nitrogen and oxygen atoms in total. The van der Waals surface area contributed by atoms with Gasteiger partial charge >= 0.3 is 0 Å². The van der Waals surface area contributed by atoms with Crippen molar-refractivity contribution in [2.75, 3.05) is 38.4 Å². The van der Waals surface area contributed by atoms with Crippen LogP contribution >= 0.6 is 0 Å². The second kappa shape index (κ2) is 7.38. The zero-order chi connectivity index (χ0) is 15.1. The molecule has 0 aliphatic rings. The highest BCUT2D eigenvalue weighted by Crippen LogP contribution is 2.27. The van der Waals surface area contributed by atoms with Crippen molar-refractivity contribution in [2.24, 2.45) is 0 Å². The van der Waals surface area contributed by atoms with Gasteiger partial charge < -0.3 is 20.1 Å². The predicted molar refractivity (Wildman–Crippen MR) is 85.5 cm³/mol. The Morgan fingerprint density at radius 3 is 2.48 bits per heavy atom. The van der Waals surface area contributed by atoms with Gasteiger partial charge in [0.05, 0.1) is 38.0 Å². The molecule has 0 bridgehead atoms. The summed E-state index contributed by atoms with van der Waals surface area (Å²) in [5, 5.41) is 6.43. The number of hydrogen-bond acceptors (Lipinski definition) is 5. The van der Waals surface area contributed by atoms with E-state index >= 15 is 0 Å². The Kier molecular flexibility index (Phi) is 5.26. The van der Waals surface area contributed by atoms with Crippen LogP contribution in [0.2, 0.25) is 0 Å². The van der Waals surface area contributed by atoms with Crippen LogP contribution in [-0.2, 0) is 6.42 Å². The average Bonchev–Trinajstić information content (AvgIpc) is 2.55. The number of rotatable bonds is 7. The molecule has 0 radical (unpaired) electrons. The van der Waals surface area contributed by atoms with Gasteiger partial charge in [-0.1, -0.05) is 6.07 Å². The fourth-order valence-corrected chi connectivity index (χ4v) is 2.06. The Morgan fingerprint density at radius 1 is 1.00 bits per heavy atom. The van der Waals surface area contributed by atoms with Gasteiger partial charge in [0.2, 0.25) is 0 Å². The summed E-state index contributed by atoms with van der Waals surface area (Å²) < 4.78 is 10.5. The summed E-state index contributed by atoms with van der Waals surface area (Å²) >= 11 is 0. The van der Waals surface area contributed by atoms with Crippen molar-refractivity contribution >= 4 is 11.4 Å². The summed E-state index contributed by atoms with van der Waals surface area (Å²) in [4.78, 5) is 4.17. The van der Waals surface area contributed by atoms with Crippen molar-refractivity contribution in [3.63, 3.8) is 0 Å². The highest BCUT2D eigenvalue weighted by atomic mass is 16.5. The van der Waals surface area contributed by atoms with Crippen LogP contribution in [0.5, 0.6) is 11.5 Å². The van der Waals surface area contributed by atoms with Crippen molar-refractivity contribution < 1.29 is 9.47 Å². The van der Waals surface area contributed by atoms with Crippen molar-refractivity contribution in [3.05, 3.63) is 42.2 Å². The van der Waals surface area contributed by atoms with Gasteiger partial charge in [-0.3, -0.25) is 4.98 Å². The smallest absolute Gasteiger partial charge is 0.160 e. The third kappa shape index (κ3) is 4.02. The molecule has 2 rings (SSSR count). The lowest BCUT2D eigenvalue weighted by molar-refractivity contribution is 0.354. The van der Waals surface area contributed by atoms with E-state index in [-0.39, 0.29) is 0 Å². The number of anilines is 2. The topological polar surface area (TPSA) is 55.4 Å². The summed E-state index contributed by atoms with van der Waals surface area (Å²) in [5.74, 6) is 1.51. The molecule has 21 heavy (non-hydrogen) atoms. The van der Waals surface area contributed by atoms with Crippen molar-refractivity contribution in [1.29, 1.82) is 0 Å². The molecule has 5 heteroatoms. The van der Waals surface area contributed by atoms with E-state index in [2.05, 4.69) is 15.6 Å². The molecule has 0 fully saturated rings. The highest BCUT2D eigenvalue weighted by Gasteiger charge is 2.04. The molecule has 0 aliphatic carbocycles. The quantitative estimate of drug-likeness (QED) is 0.820. The normalized spacial score (nSPS) is 10.0. The second-order valence-corrected chi connectivity index (χ2v) is 4.58. The van der Waals surface area contributed by atoms with Gasteiger partial charge in [0, 0.05) is 13.6 Å². The minimum atomic E-state index is 0.750. The van der Waals surface area contributed by atoms with Crippen LogP contribution in [0.15, 0.2) is 36.7 Å². The Hall–Kier alpha value is -2.43. The van der Waals surface area contributed by atoms with E-state index in [1.807, 2.05) is 37.5 Å². The fourth-order valence-electron chi connectivity index (χ4n) is 2.06. The maximum atomic E-state index is 5.31. The van der Waals surface area contributed by atoms with Crippen LogP contribution in [0.1, 0.15) is 5.56 Å². The van der Waals surface area contributed by atoms with E-state index < -0.39 is 0 Å². The number of nitrogens with zero attached hydrogens (tertiary/aromatic N) is 1. The maximum absolute atomic E-state index is 5.31. The first-order valence-corrected chi connectivity index (χ1v) is 6.84. The summed E-state index contributed by atoms with van der Waals surface area (Å²) in [6.45, 7) is 0.824. The summed E-state index contributed by atoms with van der Waals surface area (Å²) in [7, 11) is 5.17. The summed E-state index contributed by atoms with van der Waals surface area (Å²) in [6, 6.07) is 8.01. The van der Waals surface area contributed by atoms with Crippen molar-refractivity contribution in [1.82, 2.24) is 4.98 Å². The van der Waals surface area contributed by atoms with Gasteiger partial charge in [-0.2, -0.15) is 0 Å². The van der Waals surface area contributed by atoms with Gasteiger partial charge in [-0.05, 0) is 30.2 Å². The van der Waals surface area contributed by atoms with Crippen LogP contribution in [0.4, 0.5) is 11.4 Å². The lowest BCUT2D eigenvalue weighted by Gasteiger charge is -2.11. The molecule has 1 aromatic carbocycles. The van der Waals surface area contributed by atoms with E-state index in [0.717, 1.165) is 35.8 Å². The first kappa shape index (κ1) is 15.0. The lowest BCUT2D eigenvalue weighted by Crippen LogP contribution is -2.06. The molecule has 0 aliphatic heterocycles. The van der Waals surface area contributed by atoms with Crippen LogP contribution in [0, 0.1) is 0 Å². The van der Waals surface area contributed by atoms with Crippen LogP contribution < -0.4 is 20.1 Å².